The van der Waals surface area contributed by atoms with E-state index < -0.39 is 0 Å². The molecule has 0 aliphatic carbocycles. The summed E-state index contributed by atoms with van der Waals surface area (Å²) in [6.45, 7) is 3.61. The maximum atomic E-state index is 12.8. The molecule has 0 spiro atoms. The van der Waals surface area contributed by atoms with E-state index in [-0.39, 0.29) is 5.91 Å². The maximum Gasteiger partial charge on any atom is 0.254 e. The molecular formula is C26H26N6O. The van der Waals surface area contributed by atoms with E-state index in [2.05, 4.69) is 58.9 Å². The average molecular weight is 439 g/mol. The summed E-state index contributed by atoms with van der Waals surface area (Å²) in [4.78, 5) is 20.0. The highest BCUT2D eigenvalue weighted by atomic mass is 16.1. The zero-order valence-corrected chi connectivity index (χ0v) is 18.9. The summed E-state index contributed by atoms with van der Waals surface area (Å²) < 4.78 is 1.89. The predicted molar refractivity (Wildman–Crippen MR) is 130 cm³/mol. The first kappa shape index (κ1) is 19.8. The van der Waals surface area contributed by atoms with Crippen molar-refractivity contribution < 1.29 is 4.79 Å². The van der Waals surface area contributed by atoms with Crippen LogP contribution in [0.4, 0.5) is 17.2 Å². The van der Waals surface area contributed by atoms with Crippen LogP contribution in [0.25, 0.3) is 16.6 Å². The van der Waals surface area contributed by atoms with Gasteiger partial charge >= 0.3 is 0 Å². The zero-order chi connectivity index (χ0) is 22.5. The molecule has 7 nitrogen and oxygen atoms in total. The third kappa shape index (κ3) is 3.31. The summed E-state index contributed by atoms with van der Waals surface area (Å²) in [7, 11) is 2.12. The molecule has 4 aromatic rings. The summed E-state index contributed by atoms with van der Waals surface area (Å²) in [5.74, 6) is 0.710. The molecule has 2 aliphatic rings. The van der Waals surface area contributed by atoms with Crippen molar-refractivity contribution in [3.05, 3.63) is 71.2 Å². The Balaban J connectivity index is 1.40. The summed E-state index contributed by atoms with van der Waals surface area (Å²) in [6.07, 6.45) is 7.18. The van der Waals surface area contributed by atoms with E-state index in [9.17, 15) is 4.79 Å². The molecule has 7 heteroatoms. The first-order chi connectivity index (χ1) is 16.1. The molecule has 0 unspecified atom stereocenters. The molecule has 0 atom stereocenters. The normalized spacial score (nSPS) is 15.2. The Hall–Kier alpha value is -3.87. The molecular weight excluding hydrogens is 412 g/mol. The van der Waals surface area contributed by atoms with Crippen LogP contribution in [-0.2, 0) is 13.0 Å². The van der Waals surface area contributed by atoms with Crippen molar-refractivity contribution in [3.8, 4) is 11.1 Å². The van der Waals surface area contributed by atoms with Crippen molar-refractivity contribution >= 4 is 28.6 Å². The minimum absolute atomic E-state index is 0.0591. The number of pyridine rings is 2. The fourth-order valence-corrected chi connectivity index (χ4v) is 4.99. The van der Waals surface area contributed by atoms with Crippen molar-refractivity contribution in [1.82, 2.24) is 19.9 Å². The highest BCUT2D eigenvalue weighted by Crippen LogP contribution is 2.37. The molecule has 2 N–H and O–H groups in total. The average Bonchev–Trinajstić information content (AvgIpc) is 3.35. The summed E-state index contributed by atoms with van der Waals surface area (Å²) in [5.41, 5.74) is 9.01. The van der Waals surface area contributed by atoms with Crippen molar-refractivity contribution in [1.29, 1.82) is 0 Å². The number of amides is 1. The number of aromatic nitrogens is 3. The molecule has 6 rings (SSSR count). The number of anilines is 3. The summed E-state index contributed by atoms with van der Waals surface area (Å²) in [6, 6.07) is 12.4. The van der Waals surface area contributed by atoms with Crippen LogP contribution in [0.2, 0.25) is 0 Å². The second kappa shape index (κ2) is 7.62. The Morgan fingerprint density at radius 2 is 1.97 bits per heavy atom. The van der Waals surface area contributed by atoms with Crippen LogP contribution >= 0.6 is 0 Å². The molecule has 2 aliphatic heterocycles. The minimum atomic E-state index is -0.0591. The molecule has 0 bridgehead atoms. The van der Waals surface area contributed by atoms with Crippen LogP contribution < -0.4 is 15.5 Å². The number of nitrogens with one attached hydrogen (secondary N) is 2. The van der Waals surface area contributed by atoms with Gasteiger partial charge in [-0.15, -0.1) is 0 Å². The number of fused-ring (bicyclic) bond motifs is 3. The van der Waals surface area contributed by atoms with Gasteiger partial charge in [0.1, 0.15) is 5.82 Å². The Bertz CT molecular complexity index is 1410. The quantitative estimate of drug-likeness (QED) is 0.494. The second-order valence-electron chi connectivity index (χ2n) is 8.96. The van der Waals surface area contributed by atoms with E-state index in [0.29, 0.717) is 12.1 Å². The van der Waals surface area contributed by atoms with Crippen molar-refractivity contribution in [2.45, 2.75) is 32.7 Å². The van der Waals surface area contributed by atoms with E-state index in [0.717, 1.165) is 64.4 Å². The third-order valence-corrected chi connectivity index (χ3v) is 6.70. The van der Waals surface area contributed by atoms with E-state index in [1.165, 1.54) is 12.1 Å². The fourth-order valence-electron chi connectivity index (χ4n) is 4.99. The SMILES string of the molecule is Cc1ccc2c(-c3ccc(Nc4ccc5c(n4)CCCCN5C)c4c3CNC4=O)cnn2c1. The minimum Gasteiger partial charge on any atom is -0.373 e. The van der Waals surface area contributed by atoms with Gasteiger partial charge in [0.25, 0.3) is 5.91 Å². The van der Waals surface area contributed by atoms with Crippen molar-refractivity contribution in [2.24, 2.45) is 0 Å². The fraction of sp³-hybridized carbons (Fsp3) is 0.269. The molecule has 166 valence electrons. The Labute approximate surface area is 192 Å². The number of nitrogens with zero attached hydrogens (tertiary/aromatic N) is 4. The number of rotatable bonds is 3. The van der Waals surface area contributed by atoms with Crippen molar-refractivity contribution in [3.63, 3.8) is 0 Å². The number of hydrogen-bond acceptors (Lipinski definition) is 5. The number of carbonyl (C=O) groups excluding carboxylic acids is 1. The van der Waals surface area contributed by atoms with Gasteiger partial charge in [0.15, 0.2) is 0 Å². The van der Waals surface area contributed by atoms with Gasteiger partial charge in [0.05, 0.1) is 34.3 Å². The van der Waals surface area contributed by atoms with Gasteiger partial charge in [-0.3, -0.25) is 4.79 Å². The topological polar surface area (TPSA) is 74.6 Å². The monoisotopic (exact) mass is 438 g/mol. The maximum absolute atomic E-state index is 12.8. The first-order valence-corrected chi connectivity index (χ1v) is 11.4. The summed E-state index contributed by atoms with van der Waals surface area (Å²) in [5, 5.41) is 11.0. The lowest BCUT2D eigenvalue weighted by Gasteiger charge is -2.19. The van der Waals surface area contributed by atoms with Gasteiger partial charge in [0, 0.05) is 31.9 Å². The largest absolute Gasteiger partial charge is 0.373 e. The molecule has 33 heavy (non-hydrogen) atoms. The lowest BCUT2D eigenvalue weighted by atomic mass is 9.96. The van der Waals surface area contributed by atoms with E-state index in [1.807, 2.05) is 29.0 Å². The molecule has 3 aromatic heterocycles. The molecule has 0 saturated carbocycles. The molecule has 0 fully saturated rings. The highest BCUT2D eigenvalue weighted by Gasteiger charge is 2.27. The van der Waals surface area contributed by atoms with Gasteiger partial charge in [-0.05, 0) is 67.1 Å². The van der Waals surface area contributed by atoms with E-state index >= 15 is 0 Å². The molecule has 0 radical (unpaired) electrons. The van der Waals surface area contributed by atoms with Gasteiger partial charge in [0.2, 0.25) is 0 Å². The van der Waals surface area contributed by atoms with E-state index in [1.54, 1.807) is 0 Å². The Morgan fingerprint density at radius 3 is 2.88 bits per heavy atom. The van der Waals surface area contributed by atoms with Crippen LogP contribution in [0.1, 0.15) is 40.0 Å². The first-order valence-electron chi connectivity index (χ1n) is 11.4. The lowest BCUT2D eigenvalue weighted by molar-refractivity contribution is 0.0966. The number of carbonyl (C=O) groups is 1. The third-order valence-electron chi connectivity index (χ3n) is 6.70. The predicted octanol–water partition coefficient (Wildman–Crippen LogP) is 4.46. The zero-order valence-electron chi connectivity index (χ0n) is 18.9. The number of aryl methyl sites for hydroxylation is 2. The summed E-state index contributed by atoms with van der Waals surface area (Å²) >= 11 is 0. The lowest BCUT2D eigenvalue weighted by Crippen LogP contribution is -2.18. The van der Waals surface area contributed by atoms with Crippen LogP contribution in [-0.4, -0.2) is 34.1 Å². The van der Waals surface area contributed by atoms with Crippen LogP contribution in [0.3, 0.4) is 0 Å². The van der Waals surface area contributed by atoms with Crippen LogP contribution in [0.5, 0.6) is 0 Å². The Kier molecular flexibility index (Phi) is 4.57. The Morgan fingerprint density at radius 1 is 1.06 bits per heavy atom. The molecule has 0 saturated heterocycles. The number of hydrogen-bond donors (Lipinski definition) is 2. The van der Waals surface area contributed by atoms with Crippen LogP contribution in [0, 0.1) is 6.92 Å². The molecule has 5 heterocycles. The standard InChI is InChI=1S/C26H26N6O/c1-16-6-9-22-18(14-28-32(22)15-16)17-7-8-21(25-19(17)13-27-26(25)33)30-24-11-10-23-20(29-24)5-3-4-12-31(23)2/h6-11,14-15H,3-5,12-13H2,1-2H3,(H,27,33)(H,29,30). The van der Waals surface area contributed by atoms with Gasteiger partial charge in [-0.1, -0.05) is 12.1 Å². The van der Waals surface area contributed by atoms with Gasteiger partial charge < -0.3 is 15.5 Å². The van der Waals surface area contributed by atoms with Gasteiger partial charge in [-0.2, -0.15) is 5.10 Å². The number of benzene rings is 1. The molecule has 1 amide bonds. The van der Waals surface area contributed by atoms with Crippen molar-refractivity contribution in [2.75, 3.05) is 23.8 Å². The second-order valence-corrected chi connectivity index (χ2v) is 8.96. The highest BCUT2D eigenvalue weighted by molar-refractivity contribution is 6.06. The van der Waals surface area contributed by atoms with Gasteiger partial charge in [-0.25, -0.2) is 9.50 Å². The smallest absolute Gasteiger partial charge is 0.254 e. The van der Waals surface area contributed by atoms with Crippen LogP contribution in [0.15, 0.2) is 48.8 Å². The van der Waals surface area contributed by atoms with E-state index in [4.69, 9.17) is 4.98 Å². The molecule has 1 aromatic carbocycles.